The van der Waals surface area contributed by atoms with E-state index in [1.54, 1.807) is 0 Å². The smallest absolute Gasteiger partial charge is 0.0346 e. The topological polar surface area (TPSA) is 52.0 Å². The van der Waals surface area contributed by atoms with Crippen LogP contribution in [0.3, 0.4) is 0 Å². The van der Waals surface area contributed by atoms with E-state index in [1.165, 1.54) is 16.7 Å². The third-order valence-corrected chi connectivity index (χ3v) is 3.92. The Morgan fingerprint density at radius 1 is 1.16 bits per heavy atom. The number of hydrogen-bond donors (Lipinski definition) is 2. The molecule has 2 rings (SSSR count). The molecule has 0 saturated heterocycles. The van der Waals surface area contributed by atoms with Crippen LogP contribution in [0.15, 0.2) is 41.6 Å². The molecule has 0 radical (unpaired) electrons. The number of nitrogens with two attached hydrogens (primary N) is 2. The average Bonchev–Trinajstić information content (AvgIpc) is 2.43. The van der Waals surface area contributed by atoms with Crippen LogP contribution in [0.5, 0.6) is 0 Å². The van der Waals surface area contributed by atoms with E-state index in [0.717, 1.165) is 37.1 Å². The number of allylic oxidation sites excluding steroid dienone is 3. The largest absolute Gasteiger partial charge is 0.399 e. The Kier molecular flexibility index (Phi) is 4.31. The first kappa shape index (κ1) is 13.7. The summed E-state index contributed by atoms with van der Waals surface area (Å²) in [6.45, 7) is 4.31. The fraction of sp³-hybridized carbons (Fsp3) is 0.412. The lowest BCUT2D eigenvalue weighted by atomic mass is 9.87. The normalized spacial score (nSPS) is 18.9. The van der Waals surface area contributed by atoms with Crippen LogP contribution in [-0.2, 0) is 12.8 Å². The predicted molar refractivity (Wildman–Crippen MR) is 82.7 cm³/mol. The predicted octanol–water partition coefficient (Wildman–Crippen LogP) is 3.57. The highest BCUT2D eigenvalue weighted by atomic mass is 14.6. The maximum absolute atomic E-state index is 5.99. The molecule has 2 nitrogen and oxygen atoms in total. The van der Waals surface area contributed by atoms with Gasteiger partial charge in [0.15, 0.2) is 0 Å². The summed E-state index contributed by atoms with van der Waals surface area (Å²) in [6, 6.07) is 6.43. The number of anilines is 1. The molecule has 1 aliphatic carbocycles. The fourth-order valence-electron chi connectivity index (χ4n) is 2.72. The molecule has 0 bridgehead atoms. The van der Waals surface area contributed by atoms with Gasteiger partial charge in [-0.25, -0.2) is 0 Å². The minimum absolute atomic E-state index is 0.565. The van der Waals surface area contributed by atoms with Crippen molar-refractivity contribution in [1.29, 1.82) is 0 Å². The molecule has 1 aromatic carbocycles. The van der Waals surface area contributed by atoms with E-state index >= 15 is 0 Å². The number of rotatable bonds is 4. The van der Waals surface area contributed by atoms with Gasteiger partial charge in [0.2, 0.25) is 0 Å². The van der Waals surface area contributed by atoms with Crippen molar-refractivity contribution in [3.63, 3.8) is 0 Å². The Bertz CT molecular complexity index is 512. The van der Waals surface area contributed by atoms with Crippen LogP contribution in [-0.4, -0.2) is 0 Å². The number of hydrogen-bond acceptors (Lipinski definition) is 2. The summed E-state index contributed by atoms with van der Waals surface area (Å²) in [7, 11) is 0. The van der Waals surface area contributed by atoms with Gasteiger partial charge in [0.05, 0.1) is 0 Å². The SMILES string of the molecule is CCC1=CC(Cc2ccc(N)c(CC)c2)CC=C1N. The Morgan fingerprint density at radius 3 is 2.63 bits per heavy atom. The fourth-order valence-corrected chi connectivity index (χ4v) is 2.72. The minimum Gasteiger partial charge on any atom is -0.399 e. The van der Waals surface area contributed by atoms with Gasteiger partial charge in [-0.2, -0.15) is 0 Å². The van der Waals surface area contributed by atoms with Crippen molar-refractivity contribution >= 4 is 5.69 Å². The number of benzene rings is 1. The Balaban J connectivity index is 2.12. The summed E-state index contributed by atoms with van der Waals surface area (Å²) in [6.07, 6.45) is 8.63. The molecule has 1 aliphatic rings. The first-order valence-electron chi connectivity index (χ1n) is 7.18. The van der Waals surface area contributed by atoms with Gasteiger partial charge in [0.25, 0.3) is 0 Å². The van der Waals surface area contributed by atoms with E-state index in [4.69, 9.17) is 11.5 Å². The first-order valence-corrected chi connectivity index (χ1v) is 7.18. The van der Waals surface area contributed by atoms with Gasteiger partial charge in [0, 0.05) is 11.4 Å². The molecular weight excluding hydrogens is 232 g/mol. The van der Waals surface area contributed by atoms with Crippen molar-refractivity contribution < 1.29 is 0 Å². The summed E-state index contributed by atoms with van der Waals surface area (Å²) in [5, 5.41) is 0. The minimum atomic E-state index is 0.565. The molecule has 0 heterocycles. The Morgan fingerprint density at radius 2 is 1.95 bits per heavy atom. The highest BCUT2D eigenvalue weighted by Crippen LogP contribution is 2.26. The molecule has 102 valence electrons. The quantitative estimate of drug-likeness (QED) is 0.809. The van der Waals surface area contributed by atoms with Gasteiger partial charge in [0.1, 0.15) is 0 Å². The van der Waals surface area contributed by atoms with Crippen molar-refractivity contribution in [3.8, 4) is 0 Å². The van der Waals surface area contributed by atoms with Gasteiger partial charge in [-0.3, -0.25) is 0 Å². The zero-order chi connectivity index (χ0) is 13.8. The van der Waals surface area contributed by atoms with E-state index in [0.29, 0.717) is 5.92 Å². The van der Waals surface area contributed by atoms with Gasteiger partial charge in [-0.05, 0) is 54.4 Å². The zero-order valence-electron chi connectivity index (χ0n) is 11.9. The standard InChI is InChI=1S/C17H24N2/c1-3-14-10-12(5-7-16(14)18)9-13-6-8-17(19)15(4-2)11-13/h5,7-8,10-11,13H,3-4,6,9,18-19H2,1-2H3. The summed E-state index contributed by atoms with van der Waals surface area (Å²) in [5.74, 6) is 0.565. The summed E-state index contributed by atoms with van der Waals surface area (Å²) >= 11 is 0. The van der Waals surface area contributed by atoms with Crippen molar-refractivity contribution in [2.45, 2.75) is 39.5 Å². The highest BCUT2D eigenvalue weighted by Gasteiger charge is 2.13. The van der Waals surface area contributed by atoms with Crippen molar-refractivity contribution in [1.82, 2.24) is 0 Å². The van der Waals surface area contributed by atoms with E-state index in [-0.39, 0.29) is 0 Å². The summed E-state index contributed by atoms with van der Waals surface area (Å²) < 4.78 is 0. The van der Waals surface area contributed by atoms with Gasteiger partial charge in [-0.15, -0.1) is 0 Å². The second-order valence-corrected chi connectivity index (χ2v) is 5.29. The molecule has 0 spiro atoms. The van der Waals surface area contributed by atoms with Gasteiger partial charge in [-0.1, -0.05) is 38.1 Å². The van der Waals surface area contributed by atoms with Crippen LogP contribution in [0.4, 0.5) is 5.69 Å². The molecule has 0 saturated carbocycles. The highest BCUT2D eigenvalue weighted by molar-refractivity contribution is 5.48. The lowest BCUT2D eigenvalue weighted by Crippen LogP contribution is -2.12. The van der Waals surface area contributed by atoms with Crippen LogP contribution in [0.2, 0.25) is 0 Å². The zero-order valence-corrected chi connectivity index (χ0v) is 11.9. The van der Waals surface area contributed by atoms with Crippen LogP contribution in [0, 0.1) is 5.92 Å². The molecule has 2 heteroatoms. The third-order valence-electron chi connectivity index (χ3n) is 3.92. The van der Waals surface area contributed by atoms with Crippen LogP contribution >= 0.6 is 0 Å². The average molecular weight is 256 g/mol. The number of aryl methyl sites for hydroxylation is 1. The molecule has 0 aromatic heterocycles. The van der Waals surface area contributed by atoms with Crippen molar-refractivity contribution in [3.05, 3.63) is 52.7 Å². The maximum atomic E-state index is 5.99. The lowest BCUT2D eigenvalue weighted by Gasteiger charge is -2.19. The van der Waals surface area contributed by atoms with Crippen molar-refractivity contribution in [2.24, 2.45) is 11.7 Å². The molecule has 4 N–H and O–H groups in total. The first-order chi connectivity index (χ1) is 9.13. The van der Waals surface area contributed by atoms with Crippen LogP contribution < -0.4 is 11.5 Å². The molecular formula is C17H24N2. The van der Waals surface area contributed by atoms with Crippen LogP contribution in [0.25, 0.3) is 0 Å². The molecule has 1 atom stereocenters. The van der Waals surface area contributed by atoms with Gasteiger partial charge >= 0.3 is 0 Å². The molecule has 19 heavy (non-hydrogen) atoms. The molecule has 1 aromatic rings. The molecule has 0 amide bonds. The Hall–Kier alpha value is -1.70. The maximum Gasteiger partial charge on any atom is 0.0346 e. The van der Waals surface area contributed by atoms with Crippen LogP contribution in [0.1, 0.15) is 37.8 Å². The van der Waals surface area contributed by atoms with E-state index < -0.39 is 0 Å². The molecule has 0 fully saturated rings. The third kappa shape index (κ3) is 3.19. The van der Waals surface area contributed by atoms with Gasteiger partial charge < -0.3 is 11.5 Å². The lowest BCUT2D eigenvalue weighted by molar-refractivity contribution is 0.638. The second-order valence-electron chi connectivity index (χ2n) is 5.29. The Labute approximate surface area is 116 Å². The molecule has 0 aliphatic heterocycles. The number of nitrogen functional groups attached to an aromatic ring is 1. The monoisotopic (exact) mass is 256 g/mol. The molecule has 1 unspecified atom stereocenters. The second kappa shape index (κ2) is 5.96. The van der Waals surface area contributed by atoms with E-state index in [1.807, 2.05) is 6.07 Å². The summed E-state index contributed by atoms with van der Waals surface area (Å²) in [5.41, 5.74) is 17.7. The van der Waals surface area contributed by atoms with Crippen molar-refractivity contribution in [2.75, 3.05) is 5.73 Å². The summed E-state index contributed by atoms with van der Waals surface area (Å²) in [4.78, 5) is 0. The van der Waals surface area contributed by atoms with E-state index in [2.05, 4.69) is 38.1 Å². The van der Waals surface area contributed by atoms with E-state index in [9.17, 15) is 0 Å².